The molecule has 0 saturated carbocycles. The number of hydrogen-bond acceptors (Lipinski definition) is 6. The van der Waals surface area contributed by atoms with Crippen LogP contribution in [0.1, 0.15) is 18.4 Å². The molecule has 2 aromatic carbocycles. The van der Waals surface area contributed by atoms with Gasteiger partial charge in [0.05, 0.1) is 17.5 Å². The fraction of sp³-hybridized carbons (Fsp3) is 0.348. The summed E-state index contributed by atoms with van der Waals surface area (Å²) in [5.74, 6) is -2.21. The molecule has 1 N–H and O–H groups in total. The molecule has 3 saturated heterocycles. The summed E-state index contributed by atoms with van der Waals surface area (Å²) in [5.41, 5.74) is -0.0718. The second-order valence-electron chi connectivity index (χ2n) is 8.87. The molecular weight excluding hydrogens is 417 g/mol. The Morgan fingerprint density at radius 2 is 1.88 bits per heavy atom. The number of anilines is 2. The van der Waals surface area contributed by atoms with Crippen LogP contribution in [0.2, 0.25) is 0 Å². The van der Waals surface area contributed by atoms with Crippen molar-refractivity contribution in [2.45, 2.75) is 24.4 Å². The number of amides is 3. The van der Waals surface area contributed by atoms with Gasteiger partial charge in [-0.25, -0.2) is 9.29 Å². The number of imide groups is 1. The van der Waals surface area contributed by atoms with E-state index in [1.165, 1.54) is 23.1 Å². The highest BCUT2D eigenvalue weighted by Gasteiger charge is 2.74. The van der Waals surface area contributed by atoms with Crippen molar-refractivity contribution in [3.8, 4) is 11.5 Å². The summed E-state index contributed by atoms with van der Waals surface area (Å²) < 4.78 is 25.1. The standard InChI is InChI=1S/C23H18FN3O5/c24-11-3-5-14-13(8-11)23(22(30)25-14)19-18(15-2-1-7-26(15)23)20(28)27(21(19)29)12-4-6-16-17(9-12)32-10-31-16/h3-6,8-9,15,18-19H,1-2,7,10H2,(H,25,30)/t15-,18-,19-,23+/m0/s1. The van der Waals surface area contributed by atoms with Crippen LogP contribution in [0.3, 0.4) is 0 Å². The quantitative estimate of drug-likeness (QED) is 0.690. The number of benzene rings is 2. The smallest absolute Gasteiger partial charge is 0.250 e. The van der Waals surface area contributed by atoms with Crippen molar-refractivity contribution < 1.29 is 28.2 Å². The molecule has 5 heterocycles. The van der Waals surface area contributed by atoms with Crippen LogP contribution < -0.4 is 19.7 Å². The fourth-order valence-electron chi connectivity index (χ4n) is 6.45. The Morgan fingerprint density at radius 3 is 2.75 bits per heavy atom. The van der Waals surface area contributed by atoms with Gasteiger partial charge in [0.2, 0.25) is 24.5 Å². The molecule has 0 bridgehead atoms. The Hall–Kier alpha value is -3.46. The Balaban J connectivity index is 1.41. The van der Waals surface area contributed by atoms with E-state index in [9.17, 15) is 18.8 Å². The molecule has 0 radical (unpaired) electrons. The first-order valence-corrected chi connectivity index (χ1v) is 10.7. The molecule has 3 fully saturated rings. The molecule has 4 atom stereocenters. The molecule has 5 aliphatic rings. The van der Waals surface area contributed by atoms with E-state index in [0.29, 0.717) is 41.4 Å². The molecular formula is C23H18FN3O5. The number of fused-ring (bicyclic) bond motifs is 8. The number of hydrogen-bond donors (Lipinski definition) is 1. The SMILES string of the molecule is O=C1[C@@H]2[C@@H](C(=O)N1c1ccc3c(c1)OCO3)[C@]1(C(=O)Nc3ccc(F)cc31)N1CCC[C@@H]21. The average Bonchev–Trinajstić information content (AvgIpc) is 3.55. The van der Waals surface area contributed by atoms with Gasteiger partial charge in [0, 0.05) is 23.4 Å². The van der Waals surface area contributed by atoms with Crippen LogP contribution in [0.5, 0.6) is 11.5 Å². The number of nitrogens with zero attached hydrogens (tertiary/aromatic N) is 2. The lowest BCUT2D eigenvalue weighted by Crippen LogP contribution is -2.54. The monoisotopic (exact) mass is 435 g/mol. The third kappa shape index (κ3) is 1.94. The number of halogens is 1. The predicted molar refractivity (Wildman–Crippen MR) is 108 cm³/mol. The second kappa shape index (κ2) is 5.86. The van der Waals surface area contributed by atoms with Gasteiger partial charge in [0.25, 0.3) is 0 Å². The van der Waals surface area contributed by atoms with Crippen molar-refractivity contribution in [1.29, 1.82) is 0 Å². The zero-order chi connectivity index (χ0) is 21.8. The van der Waals surface area contributed by atoms with Crippen molar-refractivity contribution in [3.05, 3.63) is 47.8 Å². The van der Waals surface area contributed by atoms with E-state index in [0.717, 1.165) is 6.42 Å². The van der Waals surface area contributed by atoms with Gasteiger partial charge >= 0.3 is 0 Å². The summed E-state index contributed by atoms with van der Waals surface area (Å²) in [6.07, 6.45) is 1.51. The maximum absolute atomic E-state index is 14.3. The Labute approximate surface area is 181 Å². The van der Waals surface area contributed by atoms with Crippen LogP contribution in [-0.2, 0) is 19.9 Å². The van der Waals surface area contributed by atoms with Crippen molar-refractivity contribution in [1.82, 2.24) is 4.90 Å². The maximum atomic E-state index is 14.3. The highest BCUT2D eigenvalue weighted by Crippen LogP contribution is 2.60. The summed E-state index contributed by atoms with van der Waals surface area (Å²) in [6.45, 7) is 0.653. The zero-order valence-corrected chi connectivity index (χ0v) is 16.8. The van der Waals surface area contributed by atoms with Crippen molar-refractivity contribution >= 4 is 29.1 Å². The molecule has 7 rings (SSSR count). The molecule has 32 heavy (non-hydrogen) atoms. The van der Waals surface area contributed by atoms with Gasteiger partial charge in [-0.05, 0) is 49.7 Å². The average molecular weight is 435 g/mol. The number of nitrogens with one attached hydrogen (secondary N) is 1. The molecule has 5 aliphatic heterocycles. The summed E-state index contributed by atoms with van der Waals surface area (Å²) in [7, 11) is 0. The van der Waals surface area contributed by atoms with Gasteiger partial charge in [-0.3, -0.25) is 19.3 Å². The molecule has 3 amide bonds. The van der Waals surface area contributed by atoms with Gasteiger partial charge < -0.3 is 14.8 Å². The lowest BCUT2D eigenvalue weighted by Gasteiger charge is -2.36. The van der Waals surface area contributed by atoms with E-state index in [2.05, 4.69) is 5.32 Å². The fourth-order valence-corrected chi connectivity index (χ4v) is 6.45. The van der Waals surface area contributed by atoms with E-state index in [1.54, 1.807) is 18.2 Å². The maximum Gasteiger partial charge on any atom is 0.250 e. The third-order valence-corrected chi connectivity index (χ3v) is 7.57. The van der Waals surface area contributed by atoms with Crippen LogP contribution >= 0.6 is 0 Å². The van der Waals surface area contributed by atoms with Crippen LogP contribution in [0, 0.1) is 17.7 Å². The molecule has 0 unspecified atom stereocenters. The number of rotatable bonds is 1. The molecule has 9 heteroatoms. The second-order valence-corrected chi connectivity index (χ2v) is 8.87. The summed E-state index contributed by atoms with van der Waals surface area (Å²) in [5, 5.41) is 2.84. The Bertz CT molecular complexity index is 1250. The minimum Gasteiger partial charge on any atom is -0.454 e. The lowest BCUT2D eigenvalue weighted by atomic mass is 9.75. The first-order chi connectivity index (χ1) is 15.5. The van der Waals surface area contributed by atoms with Crippen LogP contribution in [0.25, 0.3) is 0 Å². The number of ether oxygens (including phenoxy) is 2. The van der Waals surface area contributed by atoms with Crippen molar-refractivity contribution in [3.63, 3.8) is 0 Å². The van der Waals surface area contributed by atoms with Gasteiger partial charge in [-0.1, -0.05) is 0 Å². The van der Waals surface area contributed by atoms with Crippen LogP contribution in [0.4, 0.5) is 15.8 Å². The lowest BCUT2D eigenvalue weighted by molar-refractivity contribution is -0.135. The predicted octanol–water partition coefficient (Wildman–Crippen LogP) is 1.99. The van der Waals surface area contributed by atoms with Gasteiger partial charge in [0.1, 0.15) is 11.4 Å². The van der Waals surface area contributed by atoms with E-state index in [4.69, 9.17) is 9.47 Å². The van der Waals surface area contributed by atoms with E-state index in [1.807, 2.05) is 4.90 Å². The Kier molecular flexibility index (Phi) is 3.32. The highest BCUT2D eigenvalue weighted by molar-refractivity contribution is 6.26. The van der Waals surface area contributed by atoms with Gasteiger partial charge in [-0.15, -0.1) is 0 Å². The summed E-state index contributed by atoms with van der Waals surface area (Å²) in [4.78, 5) is 44.2. The topological polar surface area (TPSA) is 88.2 Å². The van der Waals surface area contributed by atoms with E-state index in [-0.39, 0.29) is 24.6 Å². The van der Waals surface area contributed by atoms with Gasteiger partial charge in [-0.2, -0.15) is 0 Å². The van der Waals surface area contributed by atoms with Crippen molar-refractivity contribution in [2.24, 2.45) is 11.8 Å². The molecule has 1 spiro atoms. The molecule has 2 aromatic rings. The van der Waals surface area contributed by atoms with E-state index >= 15 is 0 Å². The zero-order valence-electron chi connectivity index (χ0n) is 16.8. The van der Waals surface area contributed by atoms with Gasteiger partial charge in [0.15, 0.2) is 11.5 Å². The first kappa shape index (κ1) is 18.1. The van der Waals surface area contributed by atoms with Crippen molar-refractivity contribution in [2.75, 3.05) is 23.6 Å². The minimum atomic E-state index is -1.39. The molecule has 8 nitrogen and oxygen atoms in total. The molecule has 0 aromatic heterocycles. The van der Waals surface area contributed by atoms with Crippen LogP contribution in [-0.4, -0.2) is 42.0 Å². The first-order valence-electron chi connectivity index (χ1n) is 10.7. The summed E-state index contributed by atoms with van der Waals surface area (Å²) in [6, 6.07) is 8.80. The van der Waals surface area contributed by atoms with Crippen LogP contribution in [0.15, 0.2) is 36.4 Å². The third-order valence-electron chi connectivity index (χ3n) is 7.57. The molecule has 0 aliphatic carbocycles. The normalized spacial score (nSPS) is 32.0. The Morgan fingerprint density at radius 1 is 1.03 bits per heavy atom. The minimum absolute atomic E-state index is 0.0780. The summed E-state index contributed by atoms with van der Waals surface area (Å²) >= 11 is 0. The van der Waals surface area contributed by atoms with E-state index < -0.39 is 29.1 Å². The highest BCUT2D eigenvalue weighted by atomic mass is 19.1. The number of carbonyl (C=O) groups excluding carboxylic acids is 3. The molecule has 162 valence electrons. The largest absolute Gasteiger partial charge is 0.454 e. The number of carbonyl (C=O) groups is 3.